The molecule has 0 atom stereocenters. The predicted octanol–water partition coefficient (Wildman–Crippen LogP) is 1.79. The molecule has 0 aliphatic heterocycles. The Labute approximate surface area is 123 Å². The molecule has 0 saturated heterocycles. The van der Waals surface area contributed by atoms with Crippen LogP contribution in [0.4, 0.5) is 9.52 Å². The van der Waals surface area contributed by atoms with Gasteiger partial charge in [0.1, 0.15) is 11.6 Å². The molecule has 0 bridgehead atoms. The minimum Gasteiger partial charge on any atom is -0.478 e. The lowest BCUT2D eigenvalue weighted by atomic mass is 10.1. The number of benzene rings is 1. The average molecular weight is 331 g/mol. The maximum atomic E-state index is 13.6. The topological polar surface area (TPSA) is 109 Å². The third kappa shape index (κ3) is 3.16. The van der Waals surface area contributed by atoms with Crippen molar-refractivity contribution < 1.29 is 22.7 Å². The highest BCUT2D eigenvalue weighted by Crippen LogP contribution is 2.22. The molecule has 0 amide bonds. The number of nitrogens with one attached hydrogen (secondary N) is 1. The number of anilines is 1. The SMILES string of the molecule is Cc1nsc(NS(=O)(=O)c2cc(C)c(F)c(C(=O)O)c2)n1. The first-order valence-electron chi connectivity index (χ1n) is 5.57. The normalized spacial score (nSPS) is 11.4. The van der Waals surface area contributed by atoms with Gasteiger partial charge in [-0.05, 0) is 31.5 Å². The van der Waals surface area contributed by atoms with E-state index in [0.29, 0.717) is 5.82 Å². The third-order valence-corrected chi connectivity index (χ3v) is 4.69. The highest BCUT2D eigenvalue weighted by molar-refractivity contribution is 7.93. The van der Waals surface area contributed by atoms with Crippen molar-refractivity contribution in [2.45, 2.75) is 18.7 Å². The molecule has 112 valence electrons. The molecule has 0 radical (unpaired) electrons. The quantitative estimate of drug-likeness (QED) is 0.884. The summed E-state index contributed by atoms with van der Waals surface area (Å²) in [6.07, 6.45) is 0. The van der Waals surface area contributed by atoms with Gasteiger partial charge in [-0.2, -0.15) is 4.37 Å². The Kier molecular flexibility index (Phi) is 3.92. The summed E-state index contributed by atoms with van der Waals surface area (Å²) in [5, 5.41) is 8.95. The number of sulfonamides is 1. The second-order valence-corrected chi connectivity index (χ2v) is 6.59. The van der Waals surface area contributed by atoms with Crippen LogP contribution in [0, 0.1) is 19.7 Å². The van der Waals surface area contributed by atoms with Crippen LogP contribution in [0.25, 0.3) is 0 Å². The first kappa shape index (κ1) is 15.3. The minimum atomic E-state index is -4.07. The number of aromatic nitrogens is 2. The molecule has 0 aliphatic carbocycles. The molecule has 2 rings (SSSR count). The van der Waals surface area contributed by atoms with Crippen molar-refractivity contribution in [3.63, 3.8) is 0 Å². The summed E-state index contributed by atoms with van der Waals surface area (Å²) in [6.45, 7) is 2.88. The van der Waals surface area contributed by atoms with Crippen LogP contribution < -0.4 is 4.72 Å². The van der Waals surface area contributed by atoms with E-state index in [-0.39, 0.29) is 15.6 Å². The molecule has 1 aromatic carbocycles. The first-order chi connectivity index (χ1) is 9.70. The number of aryl methyl sites for hydroxylation is 2. The molecule has 2 aromatic rings. The van der Waals surface area contributed by atoms with Gasteiger partial charge in [0.15, 0.2) is 0 Å². The minimum absolute atomic E-state index is 0.0475. The second-order valence-electron chi connectivity index (χ2n) is 4.16. The lowest BCUT2D eigenvalue weighted by Crippen LogP contribution is -2.15. The van der Waals surface area contributed by atoms with Gasteiger partial charge >= 0.3 is 5.97 Å². The average Bonchev–Trinajstić information content (AvgIpc) is 2.76. The molecule has 0 spiro atoms. The Morgan fingerprint density at radius 3 is 2.57 bits per heavy atom. The van der Waals surface area contributed by atoms with Crippen molar-refractivity contribution in [2.24, 2.45) is 0 Å². The van der Waals surface area contributed by atoms with Gasteiger partial charge in [-0.1, -0.05) is 0 Å². The van der Waals surface area contributed by atoms with Crippen molar-refractivity contribution in [3.8, 4) is 0 Å². The molecule has 0 aliphatic rings. The molecule has 1 heterocycles. The van der Waals surface area contributed by atoms with Gasteiger partial charge in [0, 0.05) is 11.5 Å². The monoisotopic (exact) mass is 331 g/mol. The van der Waals surface area contributed by atoms with Gasteiger partial charge in [0.05, 0.1) is 10.5 Å². The molecule has 0 fully saturated rings. The molecule has 0 saturated carbocycles. The Balaban J connectivity index is 2.47. The molecular formula is C11H10FN3O4S2. The van der Waals surface area contributed by atoms with Crippen LogP contribution in [0.15, 0.2) is 17.0 Å². The van der Waals surface area contributed by atoms with E-state index in [9.17, 15) is 17.6 Å². The molecule has 21 heavy (non-hydrogen) atoms. The van der Waals surface area contributed by atoms with Crippen LogP contribution in [-0.2, 0) is 10.0 Å². The molecule has 10 heteroatoms. The third-order valence-electron chi connectivity index (χ3n) is 2.52. The summed E-state index contributed by atoms with van der Waals surface area (Å²) >= 11 is 0.847. The van der Waals surface area contributed by atoms with Crippen molar-refractivity contribution in [2.75, 3.05) is 4.72 Å². The lowest BCUT2D eigenvalue weighted by molar-refractivity contribution is 0.0691. The number of carbonyl (C=O) groups is 1. The Morgan fingerprint density at radius 2 is 2.05 bits per heavy atom. The number of hydrogen-bond donors (Lipinski definition) is 2. The largest absolute Gasteiger partial charge is 0.478 e. The predicted molar refractivity (Wildman–Crippen MR) is 73.6 cm³/mol. The van der Waals surface area contributed by atoms with Crippen LogP contribution in [0.1, 0.15) is 21.7 Å². The van der Waals surface area contributed by atoms with E-state index in [4.69, 9.17) is 5.11 Å². The fraction of sp³-hybridized carbons (Fsp3) is 0.182. The van der Waals surface area contributed by atoms with E-state index in [1.54, 1.807) is 6.92 Å². The van der Waals surface area contributed by atoms with Gasteiger partial charge in [0.25, 0.3) is 10.0 Å². The van der Waals surface area contributed by atoms with E-state index in [0.717, 1.165) is 23.7 Å². The summed E-state index contributed by atoms with van der Waals surface area (Å²) in [4.78, 5) is 14.4. The van der Waals surface area contributed by atoms with Gasteiger partial charge in [-0.25, -0.2) is 22.6 Å². The lowest BCUT2D eigenvalue weighted by Gasteiger charge is -2.08. The van der Waals surface area contributed by atoms with E-state index in [1.165, 1.54) is 6.92 Å². The highest BCUT2D eigenvalue weighted by atomic mass is 32.2. The van der Waals surface area contributed by atoms with Crippen molar-refractivity contribution in [1.82, 2.24) is 9.36 Å². The maximum absolute atomic E-state index is 13.6. The molecule has 7 nitrogen and oxygen atoms in total. The number of carboxylic acids is 1. The Hall–Kier alpha value is -2.07. The number of halogens is 1. The smallest absolute Gasteiger partial charge is 0.338 e. The van der Waals surface area contributed by atoms with Crippen molar-refractivity contribution in [1.29, 1.82) is 0 Å². The van der Waals surface area contributed by atoms with Gasteiger partial charge in [0.2, 0.25) is 5.13 Å². The maximum Gasteiger partial charge on any atom is 0.338 e. The second kappa shape index (κ2) is 5.37. The Morgan fingerprint density at radius 1 is 1.38 bits per heavy atom. The zero-order valence-corrected chi connectivity index (χ0v) is 12.5. The fourth-order valence-electron chi connectivity index (χ4n) is 1.56. The summed E-state index contributed by atoms with van der Waals surface area (Å²) in [5.74, 6) is -2.10. The number of hydrogen-bond acceptors (Lipinski definition) is 6. The van der Waals surface area contributed by atoms with E-state index >= 15 is 0 Å². The van der Waals surface area contributed by atoms with E-state index in [1.807, 2.05) is 0 Å². The van der Waals surface area contributed by atoms with Crippen molar-refractivity contribution >= 4 is 32.7 Å². The summed E-state index contributed by atoms with van der Waals surface area (Å²) in [5.41, 5.74) is -0.785. The van der Waals surface area contributed by atoms with Gasteiger partial charge in [-0.15, -0.1) is 0 Å². The van der Waals surface area contributed by atoms with Gasteiger partial charge < -0.3 is 5.11 Å². The van der Waals surface area contributed by atoms with Crippen LogP contribution in [-0.4, -0.2) is 28.9 Å². The zero-order chi connectivity index (χ0) is 15.8. The van der Waals surface area contributed by atoms with Crippen LogP contribution in [0.5, 0.6) is 0 Å². The molecule has 2 N–H and O–H groups in total. The molecule has 0 unspecified atom stereocenters. The standard InChI is InChI=1S/C11H10FN3O4S2/c1-5-3-7(4-8(9(5)12)10(16)17)21(18,19)15-11-13-6(2)14-20-11/h3-4H,1-2H3,(H,16,17)(H,13,14,15). The Bertz CT molecular complexity index is 817. The fourth-order valence-corrected chi connectivity index (χ4v) is 3.47. The summed E-state index contributed by atoms with van der Waals surface area (Å²) < 4.78 is 43.9. The van der Waals surface area contributed by atoms with E-state index < -0.39 is 27.4 Å². The highest BCUT2D eigenvalue weighted by Gasteiger charge is 2.22. The zero-order valence-electron chi connectivity index (χ0n) is 10.9. The van der Waals surface area contributed by atoms with Gasteiger partial charge in [-0.3, -0.25) is 4.72 Å². The number of rotatable bonds is 4. The number of aromatic carboxylic acids is 1. The summed E-state index contributed by atoms with van der Waals surface area (Å²) in [6, 6.07) is 1.82. The number of carboxylic acid groups (broad SMARTS) is 1. The van der Waals surface area contributed by atoms with Crippen LogP contribution in [0.3, 0.4) is 0 Å². The molecule has 1 aromatic heterocycles. The first-order valence-corrected chi connectivity index (χ1v) is 7.83. The van der Waals surface area contributed by atoms with Crippen LogP contribution >= 0.6 is 11.5 Å². The summed E-state index contributed by atoms with van der Waals surface area (Å²) in [7, 11) is -4.07. The van der Waals surface area contributed by atoms with Crippen molar-refractivity contribution in [3.05, 3.63) is 34.9 Å². The molecular weight excluding hydrogens is 321 g/mol. The van der Waals surface area contributed by atoms with Crippen LogP contribution in [0.2, 0.25) is 0 Å². The van der Waals surface area contributed by atoms with E-state index in [2.05, 4.69) is 14.1 Å². The number of nitrogens with zero attached hydrogens (tertiary/aromatic N) is 2.